The number of aryl methyl sites for hydroxylation is 1. The summed E-state index contributed by atoms with van der Waals surface area (Å²) < 4.78 is 0. The van der Waals surface area contributed by atoms with E-state index in [-0.39, 0.29) is 0 Å². The number of halogens is 1. The molecule has 0 aromatic heterocycles. The standard InChI is InChI=1S/C14H15ClN2/c1-10-6-3-4-8-12(10)17(2)13-9-5-7-11(15)14(13)16/h3-9H,16H2,1-2H3. The van der Waals surface area contributed by atoms with E-state index in [1.54, 1.807) is 6.07 Å². The molecular formula is C14H15ClN2. The van der Waals surface area contributed by atoms with Crippen LogP contribution in [0.15, 0.2) is 42.5 Å². The quantitative estimate of drug-likeness (QED) is 0.812. The van der Waals surface area contributed by atoms with Crippen LogP contribution in [-0.2, 0) is 0 Å². The van der Waals surface area contributed by atoms with Gasteiger partial charge in [0.25, 0.3) is 0 Å². The molecule has 0 spiro atoms. The van der Waals surface area contributed by atoms with E-state index in [4.69, 9.17) is 17.3 Å². The molecule has 0 saturated heterocycles. The number of hydrogen-bond acceptors (Lipinski definition) is 2. The lowest BCUT2D eigenvalue weighted by Crippen LogP contribution is -2.12. The Morgan fingerprint density at radius 1 is 1.00 bits per heavy atom. The summed E-state index contributed by atoms with van der Waals surface area (Å²) >= 11 is 6.03. The van der Waals surface area contributed by atoms with Crippen molar-refractivity contribution in [2.45, 2.75) is 6.92 Å². The number of para-hydroxylation sites is 2. The predicted octanol–water partition coefficient (Wildman–Crippen LogP) is 4.00. The van der Waals surface area contributed by atoms with Crippen molar-refractivity contribution in [3.63, 3.8) is 0 Å². The molecule has 0 amide bonds. The first-order chi connectivity index (χ1) is 8.11. The van der Waals surface area contributed by atoms with Crippen LogP contribution in [-0.4, -0.2) is 7.05 Å². The first-order valence-corrected chi connectivity index (χ1v) is 5.82. The smallest absolute Gasteiger partial charge is 0.0744 e. The largest absolute Gasteiger partial charge is 0.396 e. The lowest BCUT2D eigenvalue weighted by molar-refractivity contribution is 1.19. The van der Waals surface area contributed by atoms with Gasteiger partial charge in [-0.1, -0.05) is 35.9 Å². The van der Waals surface area contributed by atoms with E-state index in [1.165, 1.54) is 5.56 Å². The highest BCUT2D eigenvalue weighted by Gasteiger charge is 2.10. The van der Waals surface area contributed by atoms with E-state index in [0.717, 1.165) is 11.4 Å². The normalized spacial score (nSPS) is 10.3. The molecule has 2 rings (SSSR count). The second-order valence-corrected chi connectivity index (χ2v) is 4.43. The first-order valence-electron chi connectivity index (χ1n) is 5.44. The lowest BCUT2D eigenvalue weighted by Gasteiger charge is -2.23. The number of nitrogens with two attached hydrogens (primary N) is 1. The van der Waals surface area contributed by atoms with Crippen LogP contribution >= 0.6 is 11.6 Å². The van der Waals surface area contributed by atoms with Crippen molar-refractivity contribution < 1.29 is 0 Å². The summed E-state index contributed by atoms with van der Waals surface area (Å²) in [7, 11) is 1.99. The molecule has 0 unspecified atom stereocenters. The van der Waals surface area contributed by atoms with Gasteiger partial charge in [-0.15, -0.1) is 0 Å². The Bertz CT molecular complexity index is 537. The van der Waals surface area contributed by atoms with Gasteiger partial charge in [-0.25, -0.2) is 0 Å². The maximum Gasteiger partial charge on any atom is 0.0744 e. The summed E-state index contributed by atoms with van der Waals surface area (Å²) in [5.41, 5.74) is 9.86. The molecule has 0 bridgehead atoms. The Hall–Kier alpha value is -1.67. The minimum atomic E-state index is 0.586. The average molecular weight is 247 g/mol. The van der Waals surface area contributed by atoms with E-state index >= 15 is 0 Å². The summed E-state index contributed by atoms with van der Waals surface area (Å²) in [4.78, 5) is 2.05. The highest BCUT2D eigenvalue weighted by molar-refractivity contribution is 6.33. The van der Waals surface area contributed by atoms with Crippen LogP contribution in [0.4, 0.5) is 17.1 Å². The fraction of sp³-hybridized carbons (Fsp3) is 0.143. The number of benzene rings is 2. The van der Waals surface area contributed by atoms with Crippen molar-refractivity contribution in [1.29, 1.82) is 0 Å². The number of rotatable bonds is 2. The van der Waals surface area contributed by atoms with E-state index in [1.807, 2.05) is 31.3 Å². The summed E-state index contributed by atoms with van der Waals surface area (Å²) in [6.07, 6.45) is 0. The van der Waals surface area contributed by atoms with Gasteiger partial charge in [0.2, 0.25) is 0 Å². The highest BCUT2D eigenvalue weighted by Crippen LogP contribution is 2.34. The molecular weight excluding hydrogens is 232 g/mol. The predicted molar refractivity (Wildman–Crippen MR) is 75.1 cm³/mol. The Morgan fingerprint density at radius 2 is 1.65 bits per heavy atom. The van der Waals surface area contributed by atoms with Gasteiger partial charge in [0, 0.05) is 12.7 Å². The van der Waals surface area contributed by atoms with Crippen molar-refractivity contribution in [3.8, 4) is 0 Å². The Kier molecular flexibility index (Phi) is 3.25. The molecule has 88 valence electrons. The monoisotopic (exact) mass is 246 g/mol. The molecule has 0 saturated carbocycles. The maximum absolute atomic E-state index is 6.03. The minimum absolute atomic E-state index is 0.586. The van der Waals surface area contributed by atoms with Crippen molar-refractivity contribution in [1.82, 2.24) is 0 Å². The zero-order chi connectivity index (χ0) is 12.4. The van der Waals surface area contributed by atoms with Gasteiger partial charge in [-0.05, 0) is 30.7 Å². The van der Waals surface area contributed by atoms with E-state index in [0.29, 0.717) is 10.7 Å². The van der Waals surface area contributed by atoms with Crippen molar-refractivity contribution in [2.24, 2.45) is 0 Å². The van der Waals surface area contributed by atoms with Crippen LogP contribution in [0.1, 0.15) is 5.56 Å². The highest BCUT2D eigenvalue weighted by atomic mass is 35.5. The molecule has 0 fully saturated rings. The molecule has 0 radical (unpaired) electrons. The second-order valence-electron chi connectivity index (χ2n) is 4.02. The molecule has 2 N–H and O–H groups in total. The van der Waals surface area contributed by atoms with Crippen molar-refractivity contribution >= 4 is 28.7 Å². The number of nitrogen functional groups attached to an aromatic ring is 1. The first kappa shape index (κ1) is 11.8. The van der Waals surface area contributed by atoms with Crippen LogP contribution < -0.4 is 10.6 Å². The summed E-state index contributed by atoms with van der Waals surface area (Å²) in [6.45, 7) is 2.08. The van der Waals surface area contributed by atoms with E-state index in [9.17, 15) is 0 Å². The topological polar surface area (TPSA) is 29.3 Å². The molecule has 17 heavy (non-hydrogen) atoms. The summed E-state index contributed by atoms with van der Waals surface area (Å²) in [5, 5.41) is 0.586. The fourth-order valence-electron chi connectivity index (χ4n) is 1.89. The zero-order valence-electron chi connectivity index (χ0n) is 9.94. The minimum Gasteiger partial charge on any atom is -0.396 e. The number of hydrogen-bond donors (Lipinski definition) is 1. The van der Waals surface area contributed by atoms with Crippen LogP contribution in [0, 0.1) is 6.92 Å². The van der Waals surface area contributed by atoms with Crippen LogP contribution in [0.5, 0.6) is 0 Å². The van der Waals surface area contributed by atoms with E-state index in [2.05, 4.69) is 24.0 Å². The Balaban J connectivity index is 2.48. The van der Waals surface area contributed by atoms with Crippen molar-refractivity contribution in [3.05, 3.63) is 53.1 Å². The second kappa shape index (κ2) is 4.68. The summed E-state index contributed by atoms with van der Waals surface area (Å²) in [6, 6.07) is 13.8. The van der Waals surface area contributed by atoms with Crippen LogP contribution in [0.3, 0.4) is 0 Å². The summed E-state index contributed by atoms with van der Waals surface area (Å²) in [5.74, 6) is 0. The molecule has 2 aromatic rings. The van der Waals surface area contributed by atoms with Crippen LogP contribution in [0.2, 0.25) is 5.02 Å². The Labute approximate surface area is 107 Å². The molecule has 0 atom stereocenters. The maximum atomic E-state index is 6.03. The zero-order valence-corrected chi connectivity index (χ0v) is 10.7. The average Bonchev–Trinajstić information content (AvgIpc) is 2.32. The molecule has 2 nitrogen and oxygen atoms in total. The van der Waals surface area contributed by atoms with Gasteiger partial charge in [0.05, 0.1) is 16.4 Å². The molecule has 3 heteroatoms. The third-order valence-corrected chi connectivity index (χ3v) is 3.20. The third kappa shape index (κ3) is 2.22. The molecule has 2 aromatic carbocycles. The molecule has 0 aliphatic rings. The van der Waals surface area contributed by atoms with Crippen molar-refractivity contribution in [2.75, 3.05) is 17.7 Å². The number of nitrogens with zero attached hydrogens (tertiary/aromatic N) is 1. The van der Waals surface area contributed by atoms with Gasteiger partial charge < -0.3 is 10.6 Å². The third-order valence-electron chi connectivity index (χ3n) is 2.87. The van der Waals surface area contributed by atoms with Gasteiger partial charge in [0.1, 0.15) is 0 Å². The lowest BCUT2D eigenvalue weighted by atomic mass is 10.1. The van der Waals surface area contributed by atoms with Gasteiger partial charge >= 0.3 is 0 Å². The Morgan fingerprint density at radius 3 is 2.35 bits per heavy atom. The van der Waals surface area contributed by atoms with Crippen LogP contribution in [0.25, 0.3) is 0 Å². The van der Waals surface area contributed by atoms with E-state index < -0.39 is 0 Å². The number of anilines is 3. The molecule has 0 aliphatic heterocycles. The van der Waals surface area contributed by atoms with Gasteiger partial charge in [-0.2, -0.15) is 0 Å². The van der Waals surface area contributed by atoms with Gasteiger partial charge in [-0.3, -0.25) is 0 Å². The fourth-order valence-corrected chi connectivity index (χ4v) is 2.06. The van der Waals surface area contributed by atoms with Gasteiger partial charge in [0.15, 0.2) is 0 Å². The molecule has 0 heterocycles. The molecule has 0 aliphatic carbocycles. The SMILES string of the molecule is Cc1ccccc1N(C)c1cccc(Cl)c1N.